The van der Waals surface area contributed by atoms with Crippen LogP contribution < -0.4 is 10.6 Å². The van der Waals surface area contributed by atoms with Gasteiger partial charge in [0.15, 0.2) is 0 Å². The largest absolute Gasteiger partial charge is 0.421 e. The van der Waals surface area contributed by atoms with Gasteiger partial charge in [-0.3, -0.25) is 0 Å². The number of alkyl halides is 3. The first-order valence-corrected chi connectivity index (χ1v) is 9.14. The van der Waals surface area contributed by atoms with E-state index < -0.39 is 11.7 Å². The molecule has 0 saturated carbocycles. The summed E-state index contributed by atoms with van der Waals surface area (Å²) in [6, 6.07) is 7.86. The molecule has 3 rings (SSSR count). The van der Waals surface area contributed by atoms with E-state index in [-0.39, 0.29) is 11.8 Å². The highest BCUT2D eigenvalue weighted by molar-refractivity contribution is 7.98. The number of nitrogens with zero attached hydrogens (tertiary/aromatic N) is 4. The average Bonchev–Trinajstić information content (AvgIpc) is 3.01. The van der Waals surface area contributed by atoms with Crippen LogP contribution in [0.25, 0.3) is 5.69 Å². The van der Waals surface area contributed by atoms with Gasteiger partial charge < -0.3 is 10.6 Å². The summed E-state index contributed by atoms with van der Waals surface area (Å²) in [6.07, 6.45) is -0.0370. The number of thioether (sulfide) groups is 1. The van der Waals surface area contributed by atoms with Crippen LogP contribution in [0.3, 0.4) is 0 Å². The van der Waals surface area contributed by atoms with Crippen LogP contribution in [0, 0.1) is 6.92 Å². The fourth-order valence-corrected chi connectivity index (χ4v) is 2.82. The molecule has 6 nitrogen and oxygen atoms in total. The third-order valence-electron chi connectivity index (χ3n) is 3.81. The van der Waals surface area contributed by atoms with E-state index in [2.05, 4.69) is 25.7 Å². The molecule has 0 spiro atoms. The molecule has 0 unspecified atom stereocenters. The molecule has 142 valence electrons. The van der Waals surface area contributed by atoms with Crippen LogP contribution in [0.1, 0.15) is 11.3 Å². The Labute approximate surface area is 158 Å². The summed E-state index contributed by atoms with van der Waals surface area (Å²) in [5.74, 6) is -0.245. The van der Waals surface area contributed by atoms with Crippen molar-refractivity contribution in [2.75, 3.05) is 23.9 Å². The molecule has 10 heteroatoms. The highest BCUT2D eigenvalue weighted by Crippen LogP contribution is 2.34. The zero-order valence-corrected chi connectivity index (χ0v) is 15.6. The minimum absolute atomic E-state index is 0.0488. The minimum atomic E-state index is -4.53. The lowest BCUT2D eigenvalue weighted by Gasteiger charge is -2.12. The van der Waals surface area contributed by atoms with E-state index in [0.717, 1.165) is 16.8 Å². The maximum atomic E-state index is 12.9. The Morgan fingerprint density at radius 2 is 1.85 bits per heavy atom. The van der Waals surface area contributed by atoms with Crippen molar-refractivity contribution in [3.63, 3.8) is 0 Å². The van der Waals surface area contributed by atoms with Gasteiger partial charge in [0.2, 0.25) is 5.95 Å². The number of hydrogen-bond donors (Lipinski definition) is 2. The molecule has 0 fully saturated rings. The van der Waals surface area contributed by atoms with E-state index in [1.165, 1.54) is 7.05 Å². The summed E-state index contributed by atoms with van der Waals surface area (Å²) in [5, 5.41) is 9.80. The van der Waals surface area contributed by atoms with Crippen LogP contribution >= 0.6 is 11.8 Å². The Kier molecular flexibility index (Phi) is 5.26. The van der Waals surface area contributed by atoms with Crippen molar-refractivity contribution >= 4 is 29.2 Å². The third kappa shape index (κ3) is 4.16. The Hall–Kier alpha value is -2.75. The molecule has 3 aromatic rings. The van der Waals surface area contributed by atoms with E-state index >= 15 is 0 Å². The summed E-state index contributed by atoms with van der Waals surface area (Å²) in [6.45, 7) is 1.79. The molecular formula is C17H17F3N6S. The van der Waals surface area contributed by atoms with Gasteiger partial charge in [-0.15, -0.1) is 11.8 Å². The van der Waals surface area contributed by atoms with Crippen molar-refractivity contribution in [1.29, 1.82) is 0 Å². The summed E-state index contributed by atoms with van der Waals surface area (Å²) in [7, 11) is 1.38. The number of anilines is 3. The van der Waals surface area contributed by atoms with Gasteiger partial charge in [-0.2, -0.15) is 23.3 Å². The molecule has 2 N–H and O–H groups in total. The second-order valence-corrected chi connectivity index (χ2v) is 6.48. The highest BCUT2D eigenvalue weighted by Gasteiger charge is 2.35. The molecule has 2 aromatic heterocycles. The fourth-order valence-electron chi connectivity index (χ4n) is 2.41. The van der Waals surface area contributed by atoms with Gasteiger partial charge in [0, 0.05) is 18.1 Å². The quantitative estimate of drug-likeness (QED) is 0.621. The topological polar surface area (TPSA) is 67.7 Å². The van der Waals surface area contributed by atoms with Crippen LogP contribution in [-0.2, 0) is 6.18 Å². The zero-order valence-electron chi connectivity index (χ0n) is 14.8. The van der Waals surface area contributed by atoms with Crippen LogP contribution in [0.2, 0.25) is 0 Å². The Bertz CT molecular complexity index is 937. The van der Waals surface area contributed by atoms with E-state index in [9.17, 15) is 13.2 Å². The molecule has 0 radical (unpaired) electrons. The van der Waals surface area contributed by atoms with Gasteiger partial charge in [-0.05, 0) is 37.4 Å². The molecule has 0 bridgehead atoms. The number of nitrogens with one attached hydrogen (secondary N) is 2. The molecule has 0 aliphatic carbocycles. The highest BCUT2D eigenvalue weighted by atomic mass is 32.2. The number of halogens is 3. The van der Waals surface area contributed by atoms with Crippen LogP contribution in [-0.4, -0.2) is 33.1 Å². The van der Waals surface area contributed by atoms with Gasteiger partial charge in [-0.25, -0.2) is 9.67 Å². The molecular weight excluding hydrogens is 377 g/mol. The number of benzene rings is 1. The van der Waals surface area contributed by atoms with E-state index in [1.54, 1.807) is 29.6 Å². The molecule has 0 amide bonds. The van der Waals surface area contributed by atoms with Crippen molar-refractivity contribution in [1.82, 2.24) is 19.7 Å². The lowest BCUT2D eigenvalue weighted by molar-refractivity contribution is -0.137. The Morgan fingerprint density at radius 3 is 2.44 bits per heavy atom. The molecule has 0 aliphatic heterocycles. The van der Waals surface area contributed by atoms with Crippen LogP contribution in [0.5, 0.6) is 0 Å². The van der Waals surface area contributed by atoms with E-state index in [1.807, 2.05) is 30.5 Å². The molecule has 27 heavy (non-hydrogen) atoms. The predicted octanol–water partition coefficient (Wildman–Crippen LogP) is 4.50. The number of aromatic nitrogens is 4. The van der Waals surface area contributed by atoms with Gasteiger partial charge >= 0.3 is 6.18 Å². The van der Waals surface area contributed by atoms with Gasteiger partial charge in [0.25, 0.3) is 0 Å². The summed E-state index contributed by atoms with van der Waals surface area (Å²) < 4.78 is 40.5. The SMILES string of the molecule is CNc1nc(Nc2cn(-c3ccc(SC)cc3)nc2C)ncc1C(F)(F)F. The smallest absolute Gasteiger partial charge is 0.372 e. The van der Waals surface area contributed by atoms with Crippen molar-refractivity contribution in [2.24, 2.45) is 0 Å². The fraction of sp³-hybridized carbons (Fsp3) is 0.235. The standard InChI is InChI=1S/C17H17F3N6S/c1-10-14(9-26(25-10)11-4-6-12(27-3)7-5-11)23-16-22-8-13(17(18,19)20)15(21-2)24-16/h4-9H,1-3H3,(H2,21,22,23,24). The third-order valence-corrected chi connectivity index (χ3v) is 4.56. The van der Waals surface area contributed by atoms with E-state index in [0.29, 0.717) is 11.4 Å². The second kappa shape index (κ2) is 7.47. The molecule has 0 aliphatic rings. The first kappa shape index (κ1) is 19.0. The zero-order chi connectivity index (χ0) is 19.6. The van der Waals surface area contributed by atoms with Crippen LogP contribution in [0.4, 0.5) is 30.6 Å². The monoisotopic (exact) mass is 394 g/mol. The maximum Gasteiger partial charge on any atom is 0.421 e. The number of aryl methyl sites for hydroxylation is 1. The van der Waals surface area contributed by atoms with Gasteiger partial charge in [0.1, 0.15) is 11.4 Å². The van der Waals surface area contributed by atoms with Crippen molar-refractivity contribution < 1.29 is 13.2 Å². The lowest BCUT2D eigenvalue weighted by atomic mass is 10.3. The van der Waals surface area contributed by atoms with Crippen LogP contribution in [0.15, 0.2) is 41.6 Å². The van der Waals surface area contributed by atoms with E-state index in [4.69, 9.17) is 0 Å². The summed E-state index contributed by atoms with van der Waals surface area (Å²) in [4.78, 5) is 8.82. The summed E-state index contributed by atoms with van der Waals surface area (Å²) in [5.41, 5.74) is 1.22. The molecule has 2 heterocycles. The number of hydrogen-bond acceptors (Lipinski definition) is 6. The van der Waals surface area contributed by atoms with Gasteiger partial charge in [0.05, 0.1) is 23.3 Å². The normalized spacial score (nSPS) is 11.5. The maximum absolute atomic E-state index is 12.9. The lowest BCUT2D eigenvalue weighted by Crippen LogP contribution is -2.12. The Balaban J connectivity index is 1.87. The van der Waals surface area contributed by atoms with Crippen molar-refractivity contribution in [2.45, 2.75) is 18.0 Å². The average molecular weight is 394 g/mol. The van der Waals surface area contributed by atoms with Crippen molar-refractivity contribution in [3.05, 3.63) is 47.9 Å². The second-order valence-electron chi connectivity index (χ2n) is 5.60. The van der Waals surface area contributed by atoms with Gasteiger partial charge in [-0.1, -0.05) is 0 Å². The first-order chi connectivity index (χ1) is 12.8. The number of rotatable bonds is 5. The Morgan fingerprint density at radius 1 is 1.15 bits per heavy atom. The predicted molar refractivity (Wildman–Crippen MR) is 99.9 cm³/mol. The summed E-state index contributed by atoms with van der Waals surface area (Å²) >= 11 is 1.64. The van der Waals surface area contributed by atoms with Crippen molar-refractivity contribution in [3.8, 4) is 5.69 Å². The first-order valence-electron chi connectivity index (χ1n) is 7.91. The molecule has 0 atom stereocenters. The minimum Gasteiger partial charge on any atom is -0.372 e. The molecule has 0 saturated heterocycles. The molecule has 1 aromatic carbocycles.